The van der Waals surface area contributed by atoms with Gasteiger partial charge in [-0.3, -0.25) is 9.59 Å². The fourth-order valence-electron chi connectivity index (χ4n) is 2.38. The lowest BCUT2D eigenvalue weighted by atomic mass is 9.95. The summed E-state index contributed by atoms with van der Waals surface area (Å²) < 4.78 is 0. The molecule has 22 heavy (non-hydrogen) atoms. The molecule has 0 bridgehead atoms. The van der Waals surface area contributed by atoms with E-state index in [1.165, 1.54) is 0 Å². The molecule has 0 aromatic heterocycles. The van der Waals surface area contributed by atoms with Gasteiger partial charge in [0.25, 0.3) is 5.43 Å². The largest absolute Gasteiger partial charge is 0.350 e. The number of hydrogen-bond acceptors (Lipinski definition) is 3. The van der Waals surface area contributed by atoms with Crippen molar-refractivity contribution in [2.45, 2.75) is 13.8 Å². The number of aryl methyl sites for hydroxylation is 2. The van der Waals surface area contributed by atoms with Gasteiger partial charge < -0.3 is 5.32 Å². The summed E-state index contributed by atoms with van der Waals surface area (Å²) in [4.78, 5) is 23.9. The summed E-state index contributed by atoms with van der Waals surface area (Å²) in [6.45, 7) is 3.98. The van der Waals surface area contributed by atoms with E-state index in [-0.39, 0.29) is 0 Å². The molecule has 0 aliphatic heterocycles. The molecule has 3 rings (SSSR count). The van der Waals surface area contributed by atoms with E-state index >= 15 is 0 Å². The standard InChI is InChI=1S/C18H14ClNO2/c1-10-7-8-12(9-11(10)2)15-16(18(22)17(15)21)20-14-6-4-3-5-13(14)19/h3-9,20H,1-2H3. The Morgan fingerprint density at radius 2 is 1.64 bits per heavy atom. The summed E-state index contributed by atoms with van der Waals surface area (Å²) in [6.07, 6.45) is 0. The minimum atomic E-state index is -0.506. The zero-order valence-electron chi connectivity index (χ0n) is 12.2. The topological polar surface area (TPSA) is 46.2 Å². The van der Waals surface area contributed by atoms with Gasteiger partial charge in [0.15, 0.2) is 0 Å². The van der Waals surface area contributed by atoms with E-state index < -0.39 is 10.9 Å². The lowest BCUT2D eigenvalue weighted by Crippen LogP contribution is -2.35. The van der Waals surface area contributed by atoms with Gasteiger partial charge in [0.1, 0.15) is 5.69 Å². The van der Waals surface area contributed by atoms with E-state index in [0.29, 0.717) is 22.0 Å². The van der Waals surface area contributed by atoms with Crippen LogP contribution in [-0.2, 0) is 0 Å². The average Bonchev–Trinajstić information content (AvgIpc) is 2.51. The zero-order chi connectivity index (χ0) is 15.9. The third-order valence-corrected chi connectivity index (χ3v) is 4.17. The molecule has 0 saturated carbocycles. The van der Waals surface area contributed by atoms with Crippen molar-refractivity contribution < 1.29 is 0 Å². The highest BCUT2D eigenvalue weighted by Gasteiger charge is 2.23. The Kier molecular flexibility index (Phi) is 3.59. The molecule has 0 aliphatic rings. The molecular formula is C18H14ClNO2. The Morgan fingerprint density at radius 1 is 0.909 bits per heavy atom. The predicted octanol–water partition coefficient (Wildman–Crippen LogP) is 3.96. The van der Waals surface area contributed by atoms with Crippen LogP contribution in [0.2, 0.25) is 5.02 Å². The number of para-hydroxylation sites is 1. The third-order valence-electron chi connectivity index (χ3n) is 3.84. The van der Waals surface area contributed by atoms with Crippen molar-refractivity contribution in [3.63, 3.8) is 0 Å². The first-order valence-electron chi connectivity index (χ1n) is 6.91. The number of halogens is 1. The van der Waals surface area contributed by atoms with Crippen LogP contribution in [0.5, 0.6) is 0 Å². The number of rotatable bonds is 3. The Hall–Kier alpha value is -2.39. The van der Waals surface area contributed by atoms with Crippen molar-refractivity contribution in [3.8, 4) is 11.1 Å². The van der Waals surface area contributed by atoms with E-state index in [2.05, 4.69) is 5.32 Å². The molecule has 0 unspecified atom stereocenters. The van der Waals surface area contributed by atoms with Crippen molar-refractivity contribution in [1.29, 1.82) is 0 Å². The molecule has 0 amide bonds. The summed E-state index contributed by atoms with van der Waals surface area (Å²) in [5, 5.41) is 3.49. The molecule has 0 radical (unpaired) electrons. The second-order valence-electron chi connectivity index (χ2n) is 5.31. The summed E-state index contributed by atoms with van der Waals surface area (Å²) in [5.41, 5.74) is 3.35. The van der Waals surface area contributed by atoms with Crippen molar-refractivity contribution in [2.75, 3.05) is 5.32 Å². The Bertz CT molecular complexity index is 937. The first-order chi connectivity index (χ1) is 10.5. The molecule has 0 heterocycles. The van der Waals surface area contributed by atoms with Crippen molar-refractivity contribution >= 4 is 23.0 Å². The fraction of sp³-hybridized carbons (Fsp3) is 0.111. The van der Waals surface area contributed by atoms with Crippen LogP contribution < -0.4 is 16.2 Å². The fourth-order valence-corrected chi connectivity index (χ4v) is 2.56. The van der Waals surface area contributed by atoms with Gasteiger partial charge in [-0.05, 0) is 42.7 Å². The Morgan fingerprint density at radius 3 is 2.32 bits per heavy atom. The van der Waals surface area contributed by atoms with Crippen molar-refractivity contribution in [1.82, 2.24) is 0 Å². The minimum absolute atomic E-state index is 0.307. The van der Waals surface area contributed by atoms with Gasteiger partial charge in [-0.25, -0.2) is 0 Å². The number of nitrogens with one attached hydrogen (secondary N) is 1. The van der Waals surface area contributed by atoms with Crippen LogP contribution in [0, 0.1) is 13.8 Å². The van der Waals surface area contributed by atoms with Crippen LogP contribution in [0.3, 0.4) is 0 Å². The smallest absolute Gasteiger partial charge is 0.250 e. The monoisotopic (exact) mass is 311 g/mol. The molecular weight excluding hydrogens is 298 g/mol. The maximum Gasteiger partial charge on any atom is 0.250 e. The van der Waals surface area contributed by atoms with Gasteiger partial charge in [0.05, 0.1) is 16.3 Å². The normalized spacial score (nSPS) is 10.9. The number of benzene rings is 2. The van der Waals surface area contributed by atoms with Crippen molar-refractivity contribution in [3.05, 3.63) is 79.1 Å². The Labute approximate surface area is 132 Å². The summed E-state index contributed by atoms with van der Waals surface area (Å²) in [5.74, 6) is 0. The SMILES string of the molecule is Cc1ccc(-c2c(Nc3ccccc3Cl)c(=O)c2=O)cc1C. The van der Waals surface area contributed by atoms with E-state index in [0.717, 1.165) is 16.7 Å². The first-order valence-corrected chi connectivity index (χ1v) is 7.29. The van der Waals surface area contributed by atoms with Gasteiger partial charge in [-0.15, -0.1) is 0 Å². The molecule has 3 aromatic rings. The van der Waals surface area contributed by atoms with Crippen molar-refractivity contribution in [2.24, 2.45) is 0 Å². The van der Waals surface area contributed by atoms with E-state index in [9.17, 15) is 9.59 Å². The Balaban J connectivity index is 2.06. The number of hydrogen-bond donors (Lipinski definition) is 1. The molecule has 0 spiro atoms. The second kappa shape index (κ2) is 5.43. The van der Waals surface area contributed by atoms with Crippen LogP contribution >= 0.6 is 11.6 Å². The lowest BCUT2D eigenvalue weighted by Gasteiger charge is -2.15. The van der Waals surface area contributed by atoms with E-state index in [1.807, 2.05) is 38.1 Å². The maximum absolute atomic E-state index is 12.0. The summed E-state index contributed by atoms with van der Waals surface area (Å²) in [7, 11) is 0. The molecule has 110 valence electrons. The third kappa shape index (κ3) is 2.34. The molecule has 0 fully saturated rings. The first kappa shape index (κ1) is 14.5. The van der Waals surface area contributed by atoms with Gasteiger partial charge in [0.2, 0.25) is 5.43 Å². The van der Waals surface area contributed by atoms with E-state index in [4.69, 9.17) is 11.6 Å². The van der Waals surface area contributed by atoms with Crippen LogP contribution in [0.25, 0.3) is 11.1 Å². The van der Waals surface area contributed by atoms with Gasteiger partial charge in [-0.2, -0.15) is 0 Å². The predicted molar refractivity (Wildman–Crippen MR) is 91.0 cm³/mol. The molecule has 3 aromatic carbocycles. The quantitative estimate of drug-likeness (QED) is 0.745. The number of anilines is 2. The van der Waals surface area contributed by atoms with Gasteiger partial charge in [0, 0.05) is 0 Å². The average molecular weight is 312 g/mol. The van der Waals surface area contributed by atoms with Crippen LogP contribution in [0.4, 0.5) is 11.4 Å². The van der Waals surface area contributed by atoms with E-state index in [1.54, 1.807) is 18.2 Å². The molecule has 0 saturated heterocycles. The maximum atomic E-state index is 12.0. The van der Waals surface area contributed by atoms with Crippen LogP contribution in [-0.4, -0.2) is 0 Å². The van der Waals surface area contributed by atoms with Crippen LogP contribution in [0.1, 0.15) is 11.1 Å². The molecule has 1 N–H and O–H groups in total. The summed E-state index contributed by atoms with van der Waals surface area (Å²) in [6, 6.07) is 12.8. The highest BCUT2D eigenvalue weighted by atomic mass is 35.5. The molecule has 3 nitrogen and oxygen atoms in total. The molecule has 0 atom stereocenters. The molecule has 4 heteroatoms. The molecule has 0 aliphatic carbocycles. The second-order valence-corrected chi connectivity index (χ2v) is 5.72. The van der Waals surface area contributed by atoms with Gasteiger partial charge in [-0.1, -0.05) is 41.9 Å². The van der Waals surface area contributed by atoms with Crippen LogP contribution in [0.15, 0.2) is 52.1 Å². The summed E-state index contributed by atoms with van der Waals surface area (Å²) >= 11 is 6.09. The van der Waals surface area contributed by atoms with Gasteiger partial charge >= 0.3 is 0 Å². The highest BCUT2D eigenvalue weighted by molar-refractivity contribution is 6.33. The minimum Gasteiger partial charge on any atom is -0.350 e. The highest BCUT2D eigenvalue weighted by Crippen LogP contribution is 2.30. The lowest BCUT2D eigenvalue weighted by molar-refractivity contribution is 1.32. The zero-order valence-corrected chi connectivity index (χ0v) is 13.0.